The van der Waals surface area contributed by atoms with Crippen molar-refractivity contribution in [3.8, 4) is 23.1 Å². The number of hydrogen-bond acceptors (Lipinski definition) is 5. The molecule has 2 heterocycles. The number of nitriles is 1. The molecule has 0 unspecified atom stereocenters. The van der Waals surface area contributed by atoms with Gasteiger partial charge in [-0.05, 0) is 61.9 Å². The molecule has 9 heteroatoms. The molecule has 38 heavy (non-hydrogen) atoms. The predicted octanol–water partition coefficient (Wildman–Crippen LogP) is 5.90. The van der Waals surface area contributed by atoms with Crippen molar-refractivity contribution in [2.24, 2.45) is 0 Å². The molecule has 1 saturated heterocycles. The van der Waals surface area contributed by atoms with Gasteiger partial charge in [-0.2, -0.15) is 18.4 Å². The lowest BCUT2D eigenvalue weighted by atomic mass is 9.92. The van der Waals surface area contributed by atoms with Crippen LogP contribution in [-0.4, -0.2) is 38.3 Å². The molecule has 1 aromatic heterocycles. The fourth-order valence-corrected chi connectivity index (χ4v) is 6.60. The van der Waals surface area contributed by atoms with Crippen LogP contribution < -0.4 is 14.2 Å². The van der Waals surface area contributed by atoms with Gasteiger partial charge >= 0.3 is 0 Å². The first-order valence-corrected chi connectivity index (χ1v) is 15.1. The molecular formula is C29H36N4O4S. The van der Waals surface area contributed by atoms with E-state index in [9.17, 15) is 13.7 Å². The Kier molecular flexibility index (Phi) is 7.93. The van der Waals surface area contributed by atoms with E-state index in [0.29, 0.717) is 30.5 Å². The van der Waals surface area contributed by atoms with Gasteiger partial charge in [0.15, 0.2) is 0 Å². The van der Waals surface area contributed by atoms with E-state index in [1.54, 1.807) is 12.1 Å². The number of fused-ring (bicyclic) bond motifs is 1. The number of aromatic nitrogens is 1. The molecule has 0 atom stereocenters. The van der Waals surface area contributed by atoms with Crippen molar-refractivity contribution in [3.63, 3.8) is 0 Å². The summed E-state index contributed by atoms with van der Waals surface area (Å²) in [6, 6.07) is 16.0. The Balaban J connectivity index is 1.48. The zero-order chi connectivity index (χ0) is 26.7. The number of benzene rings is 2. The number of hydrogen-bond donors (Lipinski definition) is 2. The van der Waals surface area contributed by atoms with Gasteiger partial charge in [0, 0.05) is 42.1 Å². The van der Waals surface area contributed by atoms with Crippen LogP contribution in [0, 0.1) is 11.3 Å². The minimum atomic E-state index is -3.68. The third-order valence-corrected chi connectivity index (χ3v) is 8.86. The maximum absolute atomic E-state index is 12.6. The van der Waals surface area contributed by atoms with Gasteiger partial charge in [0.05, 0.1) is 30.0 Å². The molecule has 1 aliphatic carbocycles. The maximum atomic E-state index is 12.6. The molecule has 2 fully saturated rings. The molecule has 3 aromatic rings. The number of anilines is 1. The highest BCUT2D eigenvalue weighted by molar-refractivity contribution is 7.90. The molecule has 1 aliphatic heterocycles. The van der Waals surface area contributed by atoms with Crippen molar-refractivity contribution in [3.05, 3.63) is 48.0 Å². The number of nitrogens with zero attached hydrogens (tertiary/aromatic N) is 2. The van der Waals surface area contributed by atoms with Gasteiger partial charge in [-0.15, -0.1) is 0 Å². The Bertz CT molecular complexity index is 1410. The van der Waals surface area contributed by atoms with Crippen LogP contribution in [0.1, 0.15) is 70.4 Å². The van der Waals surface area contributed by atoms with Crippen LogP contribution in [0.3, 0.4) is 0 Å². The lowest BCUT2D eigenvalue weighted by molar-refractivity contribution is 0.0256. The van der Waals surface area contributed by atoms with Crippen LogP contribution in [0.2, 0.25) is 0 Å². The fraction of sp³-hybridized carbons (Fsp3) is 0.483. The summed E-state index contributed by atoms with van der Waals surface area (Å²) in [6.45, 7) is 5.35. The van der Waals surface area contributed by atoms with E-state index in [1.807, 2.05) is 38.1 Å². The second kappa shape index (κ2) is 11.4. The smallest absolute Gasteiger partial charge is 0.299 e. The largest absolute Gasteiger partial charge is 0.490 e. The Morgan fingerprint density at radius 1 is 1.08 bits per heavy atom. The molecule has 0 bridgehead atoms. The topological polar surface area (TPSA) is 105 Å². The second-order valence-corrected chi connectivity index (χ2v) is 11.7. The molecule has 5 rings (SSSR count). The molecule has 0 amide bonds. The lowest BCUT2D eigenvalue weighted by Crippen LogP contribution is -2.37. The van der Waals surface area contributed by atoms with Gasteiger partial charge in [-0.3, -0.25) is 4.72 Å². The Labute approximate surface area is 225 Å². The van der Waals surface area contributed by atoms with E-state index in [-0.39, 0.29) is 12.1 Å². The van der Waals surface area contributed by atoms with Crippen LogP contribution in [0.5, 0.6) is 5.75 Å². The van der Waals surface area contributed by atoms with Gasteiger partial charge < -0.3 is 14.0 Å². The van der Waals surface area contributed by atoms with Gasteiger partial charge in [0.1, 0.15) is 17.9 Å². The SMILES string of the molecule is CCC(CC)NS(=O)(=O)Nc1ccc(-c2c(C#N)c3ccc(OC4CCOCC4)cc3n2C2CCC2)cc1. The monoisotopic (exact) mass is 536 g/mol. The van der Waals surface area contributed by atoms with E-state index < -0.39 is 10.2 Å². The normalized spacial score (nSPS) is 16.9. The number of rotatable bonds is 10. The average Bonchev–Trinajstić information content (AvgIpc) is 3.20. The summed E-state index contributed by atoms with van der Waals surface area (Å²) >= 11 is 0. The van der Waals surface area contributed by atoms with E-state index >= 15 is 0 Å². The maximum Gasteiger partial charge on any atom is 0.299 e. The fourth-order valence-electron chi connectivity index (χ4n) is 5.33. The predicted molar refractivity (Wildman–Crippen MR) is 149 cm³/mol. The van der Waals surface area contributed by atoms with Crippen molar-refractivity contribution in [1.29, 1.82) is 5.26 Å². The highest BCUT2D eigenvalue weighted by Crippen LogP contribution is 2.43. The highest BCUT2D eigenvalue weighted by Gasteiger charge is 2.28. The lowest BCUT2D eigenvalue weighted by Gasteiger charge is -2.30. The van der Waals surface area contributed by atoms with Crippen LogP contribution in [-0.2, 0) is 14.9 Å². The summed E-state index contributed by atoms with van der Waals surface area (Å²) in [7, 11) is -3.68. The second-order valence-electron chi connectivity index (χ2n) is 10.2. The molecule has 2 aromatic carbocycles. The van der Waals surface area contributed by atoms with Gasteiger partial charge in [-0.25, -0.2) is 0 Å². The zero-order valence-corrected chi connectivity index (χ0v) is 22.9. The molecule has 0 radical (unpaired) electrons. The van der Waals surface area contributed by atoms with Crippen molar-refractivity contribution in [2.45, 2.75) is 77.0 Å². The highest BCUT2D eigenvalue weighted by atomic mass is 32.2. The van der Waals surface area contributed by atoms with Crippen LogP contribution in [0.15, 0.2) is 42.5 Å². The molecule has 2 aliphatic rings. The average molecular weight is 537 g/mol. The molecular weight excluding hydrogens is 500 g/mol. The van der Waals surface area contributed by atoms with Gasteiger partial charge in [-0.1, -0.05) is 26.0 Å². The summed E-state index contributed by atoms with van der Waals surface area (Å²) in [4.78, 5) is 0. The van der Waals surface area contributed by atoms with E-state index in [1.165, 1.54) is 0 Å². The van der Waals surface area contributed by atoms with Crippen LogP contribution in [0.25, 0.3) is 22.2 Å². The minimum Gasteiger partial charge on any atom is -0.490 e. The Morgan fingerprint density at radius 2 is 1.79 bits per heavy atom. The molecule has 1 saturated carbocycles. The van der Waals surface area contributed by atoms with E-state index in [2.05, 4.69) is 26.1 Å². The van der Waals surface area contributed by atoms with Crippen molar-refractivity contribution >= 4 is 26.8 Å². The Morgan fingerprint density at radius 3 is 2.39 bits per heavy atom. The minimum absolute atomic E-state index is 0.108. The number of nitrogens with one attached hydrogen (secondary N) is 2. The van der Waals surface area contributed by atoms with Gasteiger partial charge in [0.25, 0.3) is 10.2 Å². The van der Waals surface area contributed by atoms with E-state index in [0.717, 1.165) is 72.9 Å². The van der Waals surface area contributed by atoms with Crippen LogP contribution >= 0.6 is 0 Å². The standard InChI is InChI=1S/C29H36N4O4S/c1-3-21(4-2)31-38(34,35)32-22-10-8-20(9-11-22)29-27(19-30)26-13-12-25(37-24-14-16-36-17-15-24)18-28(26)33(29)23-6-5-7-23/h8-13,18,21,23-24,31-32H,3-7,14-17H2,1-2H3. The molecule has 0 spiro atoms. The van der Waals surface area contributed by atoms with Crippen molar-refractivity contribution in [1.82, 2.24) is 9.29 Å². The summed E-state index contributed by atoms with van der Waals surface area (Å²) < 4.78 is 44.5. The van der Waals surface area contributed by atoms with Crippen molar-refractivity contribution in [2.75, 3.05) is 17.9 Å². The quantitative estimate of drug-likeness (QED) is 0.336. The van der Waals surface area contributed by atoms with Crippen LogP contribution in [0.4, 0.5) is 5.69 Å². The van der Waals surface area contributed by atoms with E-state index in [4.69, 9.17) is 9.47 Å². The summed E-state index contributed by atoms with van der Waals surface area (Å²) in [5.41, 5.74) is 3.87. The molecule has 2 N–H and O–H groups in total. The molecule has 202 valence electrons. The van der Waals surface area contributed by atoms with Gasteiger partial charge in [0.2, 0.25) is 0 Å². The number of ether oxygens (including phenoxy) is 2. The molecule has 8 nitrogen and oxygen atoms in total. The third-order valence-electron chi connectivity index (χ3n) is 7.72. The Hall–Kier alpha value is -3.06. The summed E-state index contributed by atoms with van der Waals surface area (Å²) in [6.07, 6.45) is 6.62. The zero-order valence-electron chi connectivity index (χ0n) is 22.1. The first-order chi connectivity index (χ1) is 18.4. The summed E-state index contributed by atoms with van der Waals surface area (Å²) in [5, 5.41) is 11.1. The first-order valence-electron chi connectivity index (χ1n) is 13.6. The summed E-state index contributed by atoms with van der Waals surface area (Å²) in [5.74, 6) is 0.813. The first kappa shape index (κ1) is 26.5. The third kappa shape index (κ3) is 5.53. The van der Waals surface area contributed by atoms with Crippen molar-refractivity contribution < 1.29 is 17.9 Å².